The number of amides is 1. The molecule has 0 radical (unpaired) electrons. The third-order valence-electron chi connectivity index (χ3n) is 3.51. The maximum atomic E-state index is 12.8. The van der Waals surface area contributed by atoms with Crippen LogP contribution in [0.3, 0.4) is 0 Å². The predicted molar refractivity (Wildman–Crippen MR) is 102 cm³/mol. The van der Waals surface area contributed by atoms with E-state index in [1.54, 1.807) is 11.6 Å². The number of rotatable bonds is 7. The molecule has 0 aliphatic heterocycles. The van der Waals surface area contributed by atoms with Gasteiger partial charge in [-0.25, -0.2) is 9.18 Å². The highest BCUT2D eigenvalue weighted by molar-refractivity contribution is 6.31. The number of aryl methyl sites for hydroxylation is 1. The predicted octanol–water partition coefficient (Wildman–Crippen LogP) is 3.84. The standard InChI is InChI=1S/C19H21ClFN3O3/c1-12(2)10-24-19(20)16(13(3)23-24)8-9-18(26)27-11-17(25)22-15-6-4-14(21)5-7-15/h4-9,12H,10-11H2,1-3H3,(H,22,25)/b9-8+. The Hall–Kier alpha value is -2.67. The minimum Gasteiger partial charge on any atom is -0.452 e. The molecule has 1 N–H and O–H groups in total. The third kappa shape index (κ3) is 6.21. The van der Waals surface area contributed by atoms with Crippen molar-refractivity contribution in [2.75, 3.05) is 11.9 Å². The molecule has 1 heterocycles. The van der Waals surface area contributed by atoms with E-state index in [0.717, 1.165) is 0 Å². The Bertz CT molecular complexity index is 845. The molecule has 0 fully saturated rings. The van der Waals surface area contributed by atoms with E-state index in [4.69, 9.17) is 16.3 Å². The van der Waals surface area contributed by atoms with Gasteiger partial charge in [-0.15, -0.1) is 0 Å². The first-order valence-corrected chi connectivity index (χ1v) is 8.77. The summed E-state index contributed by atoms with van der Waals surface area (Å²) >= 11 is 6.29. The lowest BCUT2D eigenvalue weighted by Crippen LogP contribution is -2.20. The number of nitrogens with zero attached hydrogens (tertiary/aromatic N) is 2. The van der Waals surface area contributed by atoms with E-state index in [-0.39, 0.29) is 0 Å². The van der Waals surface area contributed by atoms with Crippen LogP contribution in [0.4, 0.5) is 10.1 Å². The highest BCUT2D eigenvalue weighted by atomic mass is 35.5. The van der Waals surface area contributed by atoms with Crippen LogP contribution in [0.15, 0.2) is 30.3 Å². The number of carbonyl (C=O) groups is 2. The van der Waals surface area contributed by atoms with E-state index < -0.39 is 24.3 Å². The molecule has 1 aromatic heterocycles. The minimum absolute atomic E-state index is 0.378. The van der Waals surface area contributed by atoms with E-state index in [2.05, 4.69) is 24.3 Å². The molecule has 1 amide bonds. The number of benzene rings is 1. The largest absolute Gasteiger partial charge is 0.452 e. The van der Waals surface area contributed by atoms with E-state index >= 15 is 0 Å². The number of ether oxygens (including phenoxy) is 1. The Balaban J connectivity index is 1.89. The fourth-order valence-electron chi connectivity index (χ4n) is 2.29. The number of hydrogen-bond acceptors (Lipinski definition) is 4. The Morgan fingerprint density at radius 1 is 1.33 bits per heavy atom. The first-order chi connectivity index (χ1) is 12.8. The molecule has 0 aliphatic rings. The number of carbonyl (C=O) groups excluding carboxylic acids is 2. The zero-order chi connectivity index (χ0) is 20.0. The van der Waals surface area contributed by atoms with E-state index in [1.807, 2.05) is 0 Å². The molecule has 6 nitrogen and oxygen atoms in total. The van der Waals surface area contributed by atoms with Gasteiger partial charge in [0.05, 0.1) is 5.69 Å². The van der Waals surface area contributed by atoms with Gasteiger partial charge < -0.3 is 10.1 Å². The first-order valence-electron chi connectivity index (χ1n) is 8.39. The van der Waals surface area contributed by atoms with Crippen LogP contribution in [0.2, 0.25) is 5.15 Å². The second-order valence-corrected chi connectivity index (χ2v) is 6.72. The van der Waals surface area contributed by atoms with Gasteiger partial charge in [0, 0.05) is 23.9 Å². The summed E-state index contributed by atoms with van der Waals surface area (Å²) in [6.07, 6.45) is 2.71. The highest BCUT2D eigenvalue weighted by Gasteiger charge is 2.13. The van der Waals surface area contributed by atoms with Crippen molar-refractivity contribution < 1.29 is 18.7 Å². The van der Waals surface area contributed by atoms with Crippen LogP contribution in [0.1, 0.15) is 25.1 Å². The number of nitrogens with one attached hydrogen (secondary N) is 1. The zero-order valence-electron chi connectivity index (χ0n) is 15.3. The lowest BCUT2D eigenvalue weighted by Gasteiger charge is -2.06. The lowest BCUT2D eigenvalue weighted by atomic mass is 10.2. The van der Waals surface area contributed by atoms with Crippen LogP contribution in [-0.4, -0.2) is 28.3 Å². The summed E-state index contributed by atoms with van der Waals surface area (Å²) in [4.78, 5) is 23.6. The second kappa shape index (κ2) is 9.32. The zero-order valence-corrected chi connectivity index (χ0v) is 16.1. The Labute approximate surface area is 162 Å². The van der Waals surface area contributed by atoms with Crippen molar-refractivity contribution in [3.05, 3.63) is 52.6 Å². The van der Waals surface area contributed by atoms with Gasteiger partial charge in [0.15, 0.2) is 6.61 Å². The second-order valence-electron chi connectivity index (χ2n) is 6.36. The van der Waals surface area contributed by atoms with Gasteiger partial charge in [-0.05, 0) is 43.2 Å². The van der Waals surface area contributed by atoms with Crippen LogP contribution >= 0.6 is 11.6 Å². The summed E-state index contributed by atoms with van der Waals surface area (Å²) in [6.45, 7) is 6.11. The minimum atomic E-state index is -0.684. The van der Waals surface area contributed by atoms with Crippen LogP contribution in [-0.2, 0) is 20.9 Å². The van der Waals surface area contributed by atoms with E-state index in [0.29, 0.717) is 34.6 Å². The maximum Gasteiger partial charge on any atom is 0.331 e. The van der Waals surface area contributed by atoms with Crippen molar-refractivity contribution in [3.8, 4) is 0 Å². The average molecular weight is 394 g/mol. The Morgan fingerprint density at radius 3 is 2.63 bits per heavy atom. The average Bonchev–Trinajstić information content (AvgIpc) is 2.86. The first kappa shape index (κ1) is 20.6. The van der Waals surface area contributed by atoms with Crippen molar-refractivity contribution >= 4 is 35.2 Å². The molecular weight excluding hydrogens is 373 g/mol. The summed E-state index contributed by atoms with van der Waals surface area (Å²) in [5.41, 5.74) is 1.73. The van der Waals surface area contributed by atoms with Crippen LogP contribution in [0.5, 0.6) is 0 Å². The summed E-state index contributed by atoms with van der Waals surface area (Å²) < 4.78 is 19.4. The van der Waals surface area contributed by atoms with E-state index in [9.17, 15) is 14.0 Å². The van der Waals surface area contributed by atoms with Crippen molar-refractivity contribution in [1.82, 2.24) is 9.78 Å². The lowest BCUT2D eigenvalue weighted by molar-refractivity contribution is -0.142. The molecular formula is C19H21ClFN3O3. The van der Waals surface area contributed by atoms with Gasteiger partial charge >= 0.3 is 5.97 Å². The summed E-state index contributed by atoms with van der Waals surface area (Å²) in [5, 5.41) is 7.29. The molecule has 0 saturated heterocycles. The van der Waals surface area contributed by atoms with Gasteiger partial charge in [-0.3, -0.25) is 9.48 Å². The summed E-state index contributed by atoms with van der Waals surface area (Å²) in [6, 6.07) is 5.26. The van der Waals surface area contributed by atoms with Crippen molar-refractivity contribution in [1.29, 1.82) is 0 Å². The summed E-state index contributed by atoms with van der Waals surface area (Å²) in [7, 11) is 0. The molecule has 144 valence electrons. The van der Waals surface area contributed by atoms with Gasteiger partial charge in [0.25, 0.3) is 5.91 Å². The van der Waals surface area contributed by atoms with Gasteiger partial charge in [0.2, 0.25) is 0 Å². The number of halogens is 2. The fraction of sp³-hybridized carbons (Fsp3) is 0.316. The molecule has 0 aliphatic carbocycles. The van der Waals surface area contributed by atoms with Crippen LogP contribution in [0.25, 0.3) is 6.08 Å². The number of anilines is 1. The molecule has 0 unspecified atom stereocenters. The Morgan fingerprint density at radius 2 is 2.00 bits per heavy atom. The topological polar surface area (TPSA) is 73.2 Å². The van der Waals surface area contributed by atoms with Crippen molar-refractivity contribution in [2.24, 2.45) is 5.92 Å². The monoisotopic (exact) mass is 393 g/mol. The fourth-order valence-corrected chi connectivity index (χ4v) is 2.60. The van der Waals surface area contributed by atoms with Gasteiger partial charge in [-0.2, -0.15) is 5.10 Å². The van der Waals surface area contributed by atoms with Crippen LogP contribution < -0.4 is 5.32 Å². The molecule has 27 heavy (non-hydrogen) atoms. The highest BCUT2D eigenvalue weighted by Crippen LogP contribution is 2.22. The summed E-state index contributed by atoms with van der Waals surface area (Å²) in [5.74, 6) is -1.24. The number of esters is 1. The van der Waals surface area contributed by atoms with Gasteiger partial charge in [0.1, 0.15) is 11.0 Å². The van der Waals surface area contributed by atoms with Crippen molar-refractivity contribution in [2.45, 2.75) is 27.3 Å². The molecule has 1 aromatic carbocycles. The molecule has 2 rings (SSSR count). The quantitative estimate of drug-likeness (QED) is 0.573. The van der Waals surface area contributed by atoms with Gasteiger partial charge in [-0.1, -0.05) is 25.4 Å². The third-order valence-corrected chi connectivity index (χ3v) is 3.91. The molecule has 2 aromatic rings. The Kier molecular flexibility index (Phi) is 7.12. The molecule has 0 bridgehead atoms. The SMILES string of the molecule is Cc1nn(CC(C)C)c(Cl)c1/C=C/C(=O)OCC(=O)Nc1ccc(F)cc1. The molecule has 0 atom stereocenters. The molecule has 0 spiro atoms. The van der Waals surface area contributed by atoms with Crippen LogP contribution in [0, 0.1) is 18.7 Å². The van der Waals surface area contributed by atoms with E-state index in [1.165, 1.54) is 36.4 Å². The molecule has 8 heteroatoms. The number of hydrogen-bond donors (Lipinski definition) is 1. The van der Waals surface area contributed by atoms with Crippen molar-refractivity contribution in [3.63, 3.8) is 0 Å². The maximum absolute atomic E-state index is 12.8. The normalized spacial score (nSPS) is 11.2. The number of aromatic nitrogens is 2. The smallest absolute Gasteiger partial charge is 0.331 e. The molecule has 0 saturated carbocycles.